The van der Waals surface area contributed by atoms with Crippen LogP contribution in [0.25, 0.3) is 16.9 Å². The summed E-state index contributed by atoms with van der Waals surface area (Å²) < 4.78 is 61.0. The molecule has 5 rings (SSSR count). The summed E-state index contributed by atoms with van der Waals surface area (Å²) in [5.74, 6) is -0.0157. The monoisotopic (exact) mass is 825 g/mol. The third-order valence-electron chi connectivity index (χ3n) is 10.4. The number of carbonyl (C=O) groups excluding carboxylic acids is 1. The fourth-order valence-electron chi connectivity index (χ4n) is 6.09. The van der Waals surface area contributed by atoms with E-state index in [0.29, 0.717) is 28.6 Å². The molecule has 304 valence electrons. The zero-order valence-electron chi connectivity index (χ0n) is 33.3. The maximum atomic E-state index is 14.0. The maximum Gasteiger partial charge on any atom is 0.416 e. The molecule has 57 heavy (non-hydrogen) atoms. The van der Waals surface area contributed by atoms with Gasteiger partial charge in [-0.3, -0.25) is 14.7 Å². The second-order valence-corrected chi connectivity index (χ2v) is 15.9. The van der Waals surface area contributed by atoms with Crippen LogP contribution in [0.2, 0.25) is 10.0 Å². The summed E-state index contributed by atoms with van der Waals surface area (Å²) in [7, 11) is 0. The Bertz CT molecular complexity index is 2280. The van der Waals surface area contributed by atoms with Crippen LogP contribution in [0.3, 0.4) is 0 Å². The van der Waals surface area contributed by atoms with Gasteiger partial charge in [0.05, 0.1) is 22.9 Å². The van der Waals surface area contributed by atoms with Crippen LogP contribution in [0.1, 0.15) is 91.3 Å². The number of nitrogens with zero attached hydrogens (tertiary/aromatic N) is 1. The van der Waals surface area contributed by atoms with E-state index in [0.717, 1.165) is 35.2 Å². The topological polar surface area (TPSA) is 94.6 Å². The van der Waals surface area contributed by atoms with Gasteiger partial charge in [0, 0.05) is 21.8 Å². The number of hydrogen-bond acceptors (Lipinski definition) is 5. The number of hydrogen-bond donors (Lipinski definition) is 2. The van der Waals surface area contributed by atoms with E-state index >= 15 is 0 Å². The number of rotatable bonds is 15. The fraction of sp³-hybridized carbons (Fsp3) is 0.364. The van der Waals surface area contributed by atoms with Crippen LogP contribution < -0.4 is 25.1 Å². The number of ether oxygens (including phenoxy) is 3. The minimum atomic E-state index is -4.71. The molecule has 0 aliphatic heterocycles. The van der Waals surface area contributed by atoms with Crippen LogP contribution >= 0.6 is 23.2 Å². The van der Waals surface area contributed by atoms with E-state index in [1.165, 1.54) is 29.8 Å². The number of aromatic nitrogens is 2. The minimum Gasteiger partial charge on any atom is -0.494 e. The molecule has 0 radical (unpaired) electrons. The van der Waals surface area contributed by atoms with E-state index < -0.39 is 23.4 Å². The highest BCUT2D eigenvalue weighted by Crippen LogP contribution is 2.41. The number of nitrogens with one attached hydrogen (secondary N) is 2. The summed E-state index contributed by atoms with van der Waals surface area (Å²) in [6, 6.07) is 20.1. The molecule has 0 aliphatic rings. The molecular formula is C44H48Cl2F3N3O5. The van der Waals surface area contributed by atoms with Crippen molar-refractivity contribution in [1.82, 2.24) is 9.78 Å². The van der Waals surface area contributed by atoms with E-state index in [4.69, 9.17) is 37.4 Å². The molecule has 1 heterocycles. The number of H-pyrrole nitrogens is 1. The van der Waals surface area contributed by atoms with Crippen molar-refractivity contribution in [3.05, 3.63) is 116 Å². The van der Waals surface area contributed by atoms with Gasteiger partial charge in [0.25, 0.3) is 5.91 Å². The van der Waals surface area contributed by atoms with Crippen molar-refractivity contribution in [2.45, 2.75) is 97.8 Å². The fourth-order valence-corrected chi connectivity index (χ4v) is 6.54. The van der Waals surface area contributed by atoms with Gasteiger partial charge < -0.3 is 19.5 Å². The smallest absolute Gasteiger partial charge is 0.416 e. The molecule has 4 aromatic carbocycles. The van der Waals surface area contributed by atoms with Gasteiger partial charge in [0.15, 0.2) is 6.10 Å². The summed E-state index contributed by atoms with van der Waals surface area (Å²) >= 11 is 12.4. The van der Waals surface area contributed by atoms with Crippen molar-refractivity contribution in [3.8, 4) is 39.9 Å². The zero-order chi connectivity index (χ0) is 41.9. The highest BCUT2D eigenvalue weighted by Gasteiger charge is 2.33. The Morgan fingerprint density at radius 2 is 1.49 bits per heavy atom. The van der Waals surface area contributed by atoms with Crippen LogP contribution in [0.4, 0.5) is 18.9 Å². The second-order valence-electron chi connectivity index (χ2n) is 15.0. The predicted molar refractivity (Wildman–Crippen MR) is 221 cm³/mol. The quantitative estimate of drug-likeness (QED) is 0.110. The normalized spacial score (nSPS) is 12.6. The van der Waals surface area contributed by atoms with E-state index in [9.17, 15) is 22.8 Å². The highest BCUT2D eigenvalue weighted by molar-refractivity contribution is 6.35. The Morgan fingerprint density at radius 3 is 2.09 bits per heavy atom. The van der Waals surface area contributed by atoms with Crippen molar-refractivity contribution < 1.29 is 32.2 Å². The molecule has 1 amide bonds. The van der Waals surface area contributed by atoms with Gasteiger partial charge in [0.1, 0.15) is 22.9 Å². The first-order valence-electron chi connectivity index (χ1n) is 18.9. The molecule has 5 aromatic rings. The van der Waals surface area contributed by atoms with Gasteiger partial charge in [0.2, 0.25) is 5.75 Å². The lowest BCUT2D eigenvalue weighted by Crippen LogP contribution is -2.33. The number of alkyl halides is 3. The van der Waals surface area contributed by atoms with E-state index in [1.807, 2.05) is 13.0 Å². The van der Waals surface area contributed by atoms with Gasteiger partial charge >= 0.3 is 11.7 Å². The third-order valence-corrected chi connectivity index (χ3v) is 10.9. The second kappa shape index (κ2) is 17.3. The van der Waals surface area contributed by atoms with Gasteiger partial charge in [-0.1, -0.05) is 83.8 Å². The lowest BCUT2D eigenvalue weighted by molar-refractivity contribution is -0.137. The van der Waals surface area contributed by atoms with Crippen molar-refractivity contribution in [2.75, 3.05) is 11.9 Å². The number of halogens is 5. The highest BCUT2D eigenvalue weighted by atomic mass is 35.5. The number of benzene rings is 4. The molecule has 0 bridgehead atoms. The summed E-state index contributed by atoms with van der Waals surface area (Å²) in [6.45, 7) is 16.7. The first-order chi connectivity index (χ1) is 26.8. The molecular weight excluding hydrogens is 778 g/mol. The molecule has 13 heteroatoms. The van der Waals surface area contributed by atoms with Crippen molar-refractivity contribution >= 4 is 34.8 Å². The molecule has 8 nitrogen and oxygen atoms in total. The first-order valence-corrected chi connectivity index (χ1v) is 19.6. The van der Waals surface area contributed by atoms with Crippen LogP contribution in [-0.2, 0) is 21.8 Å². The van der Waals surface area contributed by atoms with Crippen molar-refractivity contribution in [3.63, 3.8) is 0 Å². The number of amides is 1. The molecule has 1 atom stereocenters. The molecule has 0 aliphatic carbocycles. The third kappa shape index (κ3) is 9.82. The van der Waals surface area contributed by atoms with Crippen LogP contribution in [0.15, 0.2) is 83.7 Å². The molecule has 0 saturated heterocycles. The van der Waals surface area contributed by atoms with Gasteiger partial charge in [-0.2, -0.15) is 13.2 Å². The number of carbonyl (C=O) groups is 1. The number of aromatic amines is 1. The summed E-state index contributed by atoms with van der Waals surface area (Å²) in [5, 5.41) is 6.23. The lowest BCUT2D eigenvalue weighted by Gasteiger charge is -2.31. The Labute approximate surface area is 341 Å². The standard InChI is InChI=1S/C44H48Cl2F3N3O5/c1-9-35(56-36-19-13-27(42(5,6)10-2)24-33(36)43(7,8)11-3)40(53)50-30-15-17-31(18-16-30)52-41(54)39(57-37-20-14-29(45)25-34(37)46)38(51-52)26-21-28(44(47,48)49)23-32(22-26)55-12-4/h13-25,35,51H,9-12H2,1-8H3,(H,50,53). The van der Waals surface area contributed by atoms with Crippen LogP contribution in [0, 0.1) is 0 Å². The van der Waals surface area contributed by atoms with Crippen LogP contribution in [0.5, 0.6) is 23.0 Å². The molecule has 0 spiro atoms. The Balaban J connectivity index is 1.47. The molecule has 2 N–H and O–H groups in total. The molecule has 1 unspecified atom stereocenters. The average molecular weight is 827 g/mol. The largest absolute Gasteiger partial charge is 0.494 e. The lowest BCUT2D eigenvalue weighted by atomic mass is 9.76. The van der Waals surface area contributed by atoms with Crippen molar-refractivity contribution in [1.29, 1.82) is 0 Å². The Hall–Kier alpha value is -4.87. The van der Waals surface area contributed by atoms with Crippen LogP contribution in [-0.4, -0.2) is 28.4 Å². The van der Waals surface area contributed by atoms with E-state index in [-0.39, 0.29) is 56.9 Å². The molecule has 0 fully saturated rings. The minimum absolute atomic E-state index is 0.0205. The summed E-state index contributed by atoms with van der Waals surface area (Å²) in [5.41, 5.74) is 0.973. The van der Waals surface area contributed by atoms with Gasteiger partial charge in [-0.15, -0.1) is 0 Å². The van der Waals surface area contributed by atoms with E-state index in [1.54, 1.807) is 31.2 Å². The number of anilines is 1. The Kier molecular flexibility index (Phi) is 13.1. The zero-order valence-corrected chi connectivity index (χ0v) is 34.8. The Morgan fingerprint density at radius 1 is 0.825 bits per heavy atom. The van der Waals surface area contributed by atoms with Crippen molar-refractivity contribution in [2.24, 2.45) is 0 Å². The molecule has 1 aromatic heterocycles. The molecule has 0 saturated carbocycles. The summed E-state index contributed by atoms with van der Waals surface area (Å²) in [6.07, 6.45) is -3.27. The summed E-state index contributed by atoms with van der Waals surface area (Å²) in [4.78, 5) is 27.6. The predicted octanol–water partition coefficient (Wildman–Crippen LogP) is 12.5. The van der Waals surface area contributed by atoms with Gasteiger partial charge in [-0.25, -0.2) is 4.68 Å². The SMILES string of the molecule is CCOc1cc(-c2[nH]n(-c3ccc(NC(=O)C(CC)Oc4ccc(C(C)(C)CC)cc4C(C)(C)CC)cc3)c(=O)c2Oc2ccc(Cl)cc2Cl)cc(C(F)(F)F)c1. The van der Waals surface area contributed by atoms with Gasteiger partial charge in [-0.05, 0) is 109 Å². The van der Waals surface area contributed by atoms with E-state index in [2.05, 4.69) is 64.1 Å². The first kappa shape index (κ1) is 43.3. The average Bonchev–Trinajstić information content (AvgIpc) is 3.49. The maximum absolute atomic E-state index is 14.0.